The van der Waals surface area contributed by atoms with E-state index in [1.54, 1.807) is 0 Å². The lowest BCUT2D eigenvalue weighted by atomic mass is 9.59. The van der Waals surface area contributed by atoms with E-state index in [4.69, 9.17) is 14.2 Å². The van der Waals surface area contributed by atoms with Crippen molar-refractivity contribution >= 4 is 28.3 Å². The number of ether oxygens (including phenoxy) is 3. The smallest absolute Gasteiger partial charge is 0.341 e. The number of aryl methyl sites for hydroxylation is 1. The first-order valence-corrected chi connectivity index (χ1v) is 10.0. The number of carbonyl (C=O) groups is 3. The summed E-state index contributed by atoms with van der Waals surface area (Å²) in [5, 5.41) is 55.4. The van der Waals surface area contributed by atoms with Gasteiger partial charge in [-0.1, -0.05) is 0 Å². The van der Waals surface area contributed by atoms with Crippen LogP contribution in [0.2, 0.25) is 0 Å². The molecule has 4 unspecified atom stereocenters. The van der Waals surface area contributed by atoms with E-state index < -0.39 is 58.0 Å². The minimum Gasteiger partial charge on any atom is -0.507 e. The average molecular weight is 474 g/mol. The minimum absolute atomic E-state index is 0.00790. The number of fused-ring (bicyclic) bond motifs is 3. The molecule has 0 heterocycles. The molecule has 0 bridgehead atoms. The van der Waals surface area contributed by atoms with Crippen molar-refractivity contribution in [2.24, 2.45) is 0 Å². The molecule has 0 spiro atoms. The van der Waals surface area contributed by atoms with Gasteiger partial charge in [-0.15, -0.1) is 0 Å². The fourth-order valence-electron chi connectivity index (χ4n) is 4.87. The van der Waals surface area contributed by atoms with Crippen molar-refractivity contribution in [3.63, 3.8) is 0 Å². The van der Waals surface area contributed by atoms with E-state index in [1.165, 1.54) is 26.2 Å². The van der Waals surface area contributed by atoms with Crippen LogP contribution in [-0.2, 0) is 14.3 Å². The van der Waals surface area contributed by atoms with Crippen molar-refractivity contribution in [2.75, 3.05) is 21.3 Å². The molecule has 0 saturated carbocycles. The van der Waals surface area contributed by atoms with Crippen LogP contribution in [0.4, 0.5) is 0 Å². The number of aliphatic hydroxyl groups excluding tert-OH is 2. The summed E-state index contributed by atoms with van der Waals surface area (Å²) in [5.41, 5.74) is -7.35. The van der Waals surface area contributed by atoms with Gasteiger partial charge in [-0.05, 0) is 35.6 Å². The number of aliphatic hydroxyl groups is 4. The van der Waals surface area contributed by atoms with Gasteiger partial charge < -0.3 is 39.7 Å². The molecule has 2 aromatic rings. The second-order valence-corrected chi connectivity index (χ2v) is 8.14. The van der Waals surface area contributed by atoms with Gasteiger partial charge in [0, 0.05) is 11.5 Å². The van der Waals surface area contributed by atoms with Gasteiger partial charge in [0.2, 0.25) is 17.2 Å². The Kier molecular flexibility index (Phi) is 5.22. The van der Waals surface area contributed by atoms with Gasteiger partial charge in [-0.25, -0.2) is 4.79 Å². The second-order valence-electron chi connectivity index (χ2n) is 8.14. The molecular formula is C23H22O11. The Bertz CT molecular complexity index is 1310. The molecule has 11 nitrogen and oxygen atoms in total. The molecule has 180 valence electrons. The third-order valence-corrected chi connectivity index (χ3v) is 6.65. The lowest BCUT2D eigenvalue weighted by Gasteiger charge is -2.51. The largest absolute Gasteiger partial charge is 0.507 e. The number of aromatic hydroxyl groups is 1. The number of Topliss-reactive ketones (excluding diaryl/α,β-unsaturated/α-hetero) is 1. The highest BCUT2D eigenvalue weighted by molar-refractivity contribution is 6.26. The van der Waals surface area contributed by atoms with E-state index in [9.17, 15) is 39.9 Å². The molecule has 5 N–H and O–H groups in total. The summed E-state index contributed by atoms with van der Waals surface area (Å²) in [6.07, 6.45) is -3.74. The number of ketones is 2. The first-order chi connectivity index (χ1) is 15.9. The van der Waals surface area contributed by atoms with Gasteiger partial charge in [-0.2, -0.15) is 0 Å². The highest BCUT2D eigenvalue weighted by atomic mass is 16.5. The maximum atomic E-state index is 13.4. The molecule has 0 radical (unpaired) electrons. The predicted octanol–water partition coefficient (Wildman–Crippen LogP) is -0.185. The average Bonchev–Trinajstić information content (AvgIpc) is 2.81. The molecule has 2 aliphatic rings. The van der Waals surface area contributed by atoms with Gasteiger partial charge in [0.15, 0.2) is 5.60 Å². The van der Waals surface area contributed by atoms with E-state index >= 15 is 0 Å². The van der Waals surface area contributed by atoms with Crippen LogP contribution in [0.25, 0.3) is 10.8 Å². The molecular weight excluding hydrogens is 452 g/mol. The second kappa shape index (κ2) is 7.50. The van der Waals surface area contributed by atoms with Gasteiger partial charge in [-0.3, -0.25) is 9.59 Å². The molecule has 0 aliphatic heterocycles. The molecule has 0 saturated heterocycles. The first kappa shape index (κ1) is 23.6. The third-order valence-electron chi connectivity index (χ3n) is 6.65. The van der Waals surface area contributed by atoms with Crippen LogP contribution in [0.3, 0.4) is 0 Å². The Hall–Kier alpha value is -3.51. The Morgan fingerprint density at radius 3 is 2.24 bits per heavy atom. The van der Waals surface area contributed by atoms with Gasteiger partial charge in [0.05, 0.1) is 26.9 Å². The Morgan fingerprint density at radius 2 is 1.68 bits per heavy atom. The van der Waals surface area contributed by atoms with Gasteiger partial charge in [0.1, 0.15) is 35.0 Å². The van der Waals surface area contributed by atoms with Crippen LogP contribution in [-0.4, -0.2) is 81.7 Å². The maximum Gasteiger partial charge on any atom is 0.341 e. The summed E-state index contributed by atoms with van der Waals surface area (Å²) in [6, 6.07) is 2.57. The zero-order valence-electron chi connectivity index (χ0n) is 18.6. The summed E-state index contributed by atoms with van der Waals surface area (Å²) >= 11 is 0. The van der Waals surface area contributed by atoms with E-state index in [2.05, 4.69) is 0 Å². The van der Waals surface area contributed by atoms with Crippen LogP contribution in [0.15, 0.2) is 24.0 Å². The standard InChI is InChI=1S/C23H22O11/c1-8-14-9(6-11(32-2)15(8)21(29)34-4)5-10-16(17(14)25)20(28)22(30)13(24)7-12(33-3)19(27)23(22,31)18(10)26/h5-7,18-19,25-27,30-31H,1-4H3. The van der Waals surface area contributed by atoms with Crippen molar-refractivity contribution in [2.45, 2.75) is 30.3 Å². The third kappa shape index (κ3) is 2.57. The molecule has 2 aromatic carbocycles. The van der Waals surface area contributed by atoms with Gasteiger partial charge in [0.25, 0.3) is 0 Å². The SMILES string of the molecule is COC(=O)c1c(OC)cc2cc3c(c(O)c2c1C)C(=O)C1(O)C(=O)C=C(OC)C(O)C1(O)C3O. The minimum atomic E-state index is -3.34. The van der Waals surface area contributed by atoms with Gasteiger partial charge >= 0.3 is 5.97 Å². The Balaban J connectivity index is 2.11. The Labute approximate surface area is 192 Å². The van der Waals surface area contributed by atoms with E-state index in [-0.39, 0.29) is 33.2 Å². The van der Waals surface area contributed by atoms with Crippen molar-refractivity contribution in [1.82, 2.24) is 0 Å². The highest BCUT2D eigenvalue weighted by Crippen LogP contribution is 2.53. The topological polar surface area (TPSA) is 180 Å². The van der Waals surface area contributed by atoms with Crippen LogP contribution in [0.1, 0.15) is 37.9 Å². The highest BCUT2D eigenvalue weighted by Gasteiger charge is 2.72. The molecule has 11 heteroatoms. The summed E-state index contributed by atoms with van der Waals surface area (Å²) in [7, 11) is 3.54. The summed E-state index contributed by atoms with van der Waals surface area (Å²) < 4.78 is 14.9. The number of rotatable bonds is 3. The van der Waals surface area contributed by atoms with Crippen molar-refractivity contribution < 1.29 is 54.1 Å². The number of methoxy groups -OCH3 is 3. The zero-order valence-corrected chi connectivity index (χ0v) is 18.6. The molecule has 4 rings (SSSR count). The summed E-state index contributed by atoms with van der Waals surface area (Å²) in [5.74, 6) is -4.73. The number of hydrogen-bond donors (Lipinski definition) is 5. The van der Waals surface area contributed by atoms with E-state index in [0.717, 1.165) is 14.2 Å². The summed E-state index contributed by atoms with van der Waals surface area (Å²) in [6.45, 7) is 1.46. The van der Waals surface area contributed by atoms with Crippen LogP contribution < -0.4 is 4.74 Å². The monoisotopic (exact) mass is 474 g/mol. The maximum absolute atomic E-state index is 13.4. The normalized spacial score (nSPS) is 28.2. The first-order valence-electron chi connectivity index (χ1n) is 10.0. The molecule has 0 amide bonds. The van der Waals surface area contributed by atoms with Crippen LogP contribution >= 0.6 is 0 Å². The number of benzene rings is 2. The van der Waals surface area contributed by atoms with Crippen molar-refractivity contribution in [1.29, 1.82) is 0 Å². The van der Waals surface area contributed by atoms with Crippen molar-refractivity contribution in [3.8, 4) is 11.5 Å². The Morgan fingerprint density at radius 1 is 1.03 bits per heavy atom. The van der Waals surface area contributed by atoms with Crippen molar-refractivity contribution in [3.05, 3.63) is 46.2 Å². The van der Waals surface area contributed by atoms with Crippen LogP contribution in [0.5, 0.6) is 11.5 Å². The number of hydrogen-bond acceptors (Lipinski definition) is 11. The number of esters is 1. The molecule has 4 atom stereocenters. The van der Waals surface area contributed by atoms with E-state index in [1.807, 2.05) is 0 Å². The predicted molar refractivity (Wildman–Crippen MR) is 114 cm³/mol. The fraction of sp³-hybridized carbons (Fsp3) is 0.348. The molecule has 2 aliphatic carbocycles. The zero-order chi connectivity index (χ0) is 25.3. The summed E-state index contributed by atoms with van der Waals surface area (Å²) in [4.78, 5) is 38.6. The number of phenols is 1. The lowest BCUT2D eigenvalue weighted by molar-refractivity contribution is -0.229. The fourth-order valence-corrected chi connectivity index (χ4v) is 4.87. The molecule has 0 fully saturated rings. The van der Waals surface area contributed by atoms with E-state index in [0.29, 0.717) is 6.08 Å². The lowest BCUT2D eigenvalue weighted by Crippen LogP contribution is -2.75. The van der Waals surface area contributed by atoms with Crippen LogP contribution in [0, 0.1) is 6.92 Å². The molecule has 0 aromatic heterocycles. The quantitative estimate of drug-likeness (QED) is 0.294. The number of phenolic OH excluding ortho intramolecular Hbond substituents is 1. The molecule has 34 heavy (non-hydrogen) atoms. The number of carbonyl (C=O) groups excluding carboxylic acids is 3.